The molecule has 13 heavy (non-hydrogen) atoms. The molecule has 1 aromatic rings. The van der Waals surface area contributed by atoms with Crippen molar-refractivity contribution in [2.24, 2.45) is 0 Å². The number of hydrogen-bond acceptors (Lipinski definition) is 1. The van der Waals surface area contributed by atoms with Crippen molar-refractivity contribution in [3.8, 4) is 0 Å². The first-order valence-electron chi connectivity index (χ1n) is 5.04. The molecule has 0 unspecified atom stereocenters. The molecule has 1 N–H and O–H groups in total. The molecule has 1 atom stereocenters. The molecule has 0 saturated carbocycles. The highest BCUT2D eigenvalue weighted by molar-refractivity contribution is 5.15. The Hall–Kier alpha value is -0.820. The van der Waals surface area contributed by atoms with Crippen molar-refractivity contribution in [3.63, 3.8) is 0 Å². The van der Waals surface area contributed by atoms with Crippen LogP contribution in [0.25, 0.3) is 0 Å². The van der Waals surface area contributed by atoms with Gasteiger partial charge in [-0.3, -0.25) is 0 Å². The third-order valence-corrected chi connectivity index (χ3v) is 1.88. The predicted octanol–water partition coefficient (Wildman–Crippen LogP) is 2.86. The summed E-state index contributed by atoms with van der Waals surface area (Å²) >= 11 is 0. The van der Waals surface area contributed by atoms with E-state index in [9.17, 15) is 0 Å². The zero-order valence-corrected chi connectivity index (χ0v) is 9.17. The molecule has 0 aliphatic rings. The fraction of sp³-hybridized carbons (Fsp3) is 0.500. The van der Waals surface area contributed by atoms with E-state index in [0.717, 1.165) is 6.42 Å². The first kappa shape index (κ1) is 12.2. The van der Waals surface area contributed by atoms with Crippen molar-refractivity contribution in [2.75, 3.05) is 7.05 Å². The Balaban J connectivity index is 0.000000671. The van der Waals surface area contributed by atoms with Crippen molar-refractivity contribution < 1.29 is 0 Å². The van der Waals surface area contributed by atoms with Gasteiger partial charge >= 0.3 is 0 Å². The molecule has 0 aromatic heterocycles. The minimum absolute atomic E-state index is 0.567. The molecule has 0 aliphatic heterocycles. The molecule has 1 rings (SSSR count). The van der Waals surface area contributed by atoms with E-state index in [1.54, 1.807) is 0 Å². The van der Waals surface area contributed by atoms with Crippen LogP contribution in [0.15, 0.2) is 30.3 Å². The Labute approximate surface area is 82.2 Å². The van der Waals surface area contributed by atoms with Crippen molar-refractivity contribution in [1.29, 1.82) is 0 Å². The van der Waals surface area contributed by atoms with Gasteiger partial charge in [0, 0.05) is 6.04 Å². The monoisotopic (exact) mass is 179 g/mol. The maximum Gasteiger partial charge on any atom is 0.00761 e. The second-order valence-corrected chi connectivity index (χ2v) is 2.88. The van der Waals surface area contributed by atoms with Gasteiger partial charge in [0.05, 0.1) is 0 Å². The van der Waals surface area contributed by atoms with Crippen LogP contribution in [0, 0.1) is 0 Å². The fourth-order valence-electron chi connectivity index (χ4n) is 1.07. The summed E-state index contributed by atoms with van der Waals surface area (Å²) in [7, 11) is 1.99. The minimum Gasteiger partial charge on any atom is -0.317 e. The highest BCUT2D eigenvalue weighted by Gasteiger charge is 1.97. The van der Waals surface area contributed by atoms with E-state index in [1.165, 1.54) is 5.56 Å². The summed E-state index contributed by atoms with van der Waals surface area (Å²) in [5, 5.41) is 3.21. The lowest BCUT2D eigenvalue weighted by Crippen LogP contribution is -2.23. The lowest BCUT2D eigenvalue weighted by atomic mass is 10.1. The second-order valence-electron chi connectivity index (χ2n) is 2.88. The van der Waals surface area contributed by atoms with Gasteiger partial charge in [0.2, 0.25) is 0 Å². The van der Waals surface area contributed by atoms with Crippen LogP contribution >= 0.6 is 0 Å². The third kappa shape index (κ3) is 5.42. The van der Waals surface area contributed by atoms with Crippen LogP contribution in [-0.2, 0) is 6.42 Å². The Morgan fingerprint density at radius 3 is 2.15 bits per heavy atom. The maximum absolute atomic E-state index is 3.21. The molecular formula is C12H21N. The Bertz CT molecular complexity index is 194. The SMILES string of the molecule is CC.CN[C@@H](C)Cc1ccccc1. The van der Waals surface area contributed by atoms with Gasteiger partial charge in [0.15, 0.2) is 0 Å². The standard InChI is InChI=1S/C10H15N.C2H6/c1-9(11-2)8-10-6-4-3-5-7-10;1-2/h3-7,9,11H,8H2,1-2H3;1-2H3/t9-;/m0./s1. The van der Waals surface area contributed by atoms with E-state index >= 15 is 0 Å². The van der Waals surface area contributed by atoms with Crippen LogP contribution in [0.5, 0.6) is 0 Å². The quantitative estimate of drug-likeness (QED) is 0.752. The molecule has 0 bridgehead atoms. The van der Waals surface area contributed by atoms with Crippen molar-refractivity contribution in [1.82, 2.24) is 5.32 Å². The van der Waals surface area contributed by atoms with Gasteiger partial charge in [-0.2, -0.15) is 0 Å². The molecule has 0 aliphatic carbocycles. The van der Waals surface area contributed by atoms with Crippen molar-refractivity contribution in [3.05, 3.63) is 35.9 Å². The van der Waals surface area contributed by atoms with E-state index in [4.69, 9.17) is 0 Å². The molecule has 0 saturated heterocycles. The molecule has 0 fully saturated rings. The molecule has 1 heteroatoms. The maximum atomic E-state index is 3.21. The Morgan fingerprint density at radius 2 is 1.69 bits per heavy atom. The fourth-order valence-corrected chi connectivity index (χ4v) is 1.07. The molecule has 0 radical (unpaired) electrons. The number of hydrogen-bond donors (Lipinski definition) is 1. The summed E-state index contributed by atoms with van der Waals surface area (Å²) < 4.78 is 0. The van der Waals surface area contributed by atoms with Crippen molar-refractivity contribution >= 4 is 0 Å². The normalized spacial score (nSPS) is 11.4. The number of benzene rings is 1. The van der Waals surface area contributed by atoms with Gasteiger partial charge in [-0.1, -0.05) is 44.2 Å². The largest absolute Gasteiger partial charge is 0.317 e. The lowest BCUT2D eigenvalue weighted by molar-refractivity contribution is 0.608. The predicted molar refractivity (Wildman–Crippen MR) is 60.0 cm³/mol. The van der Waals surface area contributed by atoms with Gasteiger partial charge in [-0.05, 0) is 26.0 Å². The summed E-state index contributed by atoms with van der Waals surface area (Å²) in [5.74, 6) is 0. The van der Waals surface area contributed by atoms with E-state index in [-0.39, 0.29) is 0 Å². The molecule has 0 heterocycles. The van der Waals surface area contributed by atoms with E-state index in [1.807, 2.05) is 27.0 Å². The highest BCUT2D eigenvalue weighted by atomic mass is 14.8. The summed E-state index contributed by atoms with van der Waals surface area (Å²) in [6.45, 7) is 6.19. The summed E-state index contributed by atoms with van der Waals surface area (Å²) in [4.78, 5) is 0. The highest BCUT2D eigenvalue weighted by Crippen LogP contribution is 2.01. The third-order valence-electron chi connectivity index (χ3n) is 1.88. The summed E-state index contributed by atoms with van der Waals surface area (Å²) in [6.07, 6.45) is 1.11. The van der Waals surface area contributed by atoms with Crippen LogP contribution in [-0.4, -0.2) is 13.1 Å². The molecule has 0 spiro atoms. The summed E-state index contributed by atoms with van der Waals surface area (Å²) in [5.41, 5.74) is 1.40. The first-order chi connectivity index (χ1) is 6.33. The zero-order chi connectivity index (χ0) is 10.1. The average Bonchev–Trinajstić information content (AvgIpc) is 2.22. The number of likely N-dealkylation sites (N-methyl/N-ethyl adjacent to an activating group) is 1. The van der Waals surface area contributed by atoms with E-state index in [2.05, 4.69) is 36.5 Å². The molecule has 1 nitrogen and oxygen atoms in total. The van der Waals surface area contributed by atoms with Gasteiger partial charge in [0.1, 0.15) is 0 Å². The van der Waals surface area contributed by atoms with Crippen molar-refractivity contribution in [2.45, 2.75) is 33.2 Å². The molecule has 0 amide bonds. The Kier molecular flexibility index (Phi) is 7.32. The zero-order valence-electron chi connectivity index (χ0n) is 9.17. The van der Waals surface area contributed by atoms with E-state index in [0.29, 0.717) is 6.04 Å². The van der Waals surface area contributed by atoms with Crippen LogP contribution in [0.3, 0.4) is 0 Å². The van der Waals surface area contributed by atoms with Gasteiger partial charge in [-0.25, -0.2) is 0 Å². The smallest absolute Gasteiger partial charge is 0.00761 e. The van der Waals surface area contributed by atoms with Crippen LogP contribution in [0.2, 0.25) is 0 Å². The average molecular weight is 179 g/mol. The lowest BCUT2D eigenvalue weighted by Gasteiger charge is -2.08. The van der Waals surface area contributed by atoms with Crippen LogP contribution in [0.4, 0.5) is 0 Å². The van der Waals surface area contributed by atoms with Gasteiger partial charge in [0.25, 0.3) is 0 Å². The first-order valence-corrected chi connectivity index (χ1v) is 5.04. The number of rotatable bonds is 3. The van der Waals surface area contributed by atoms with Crippen LogP contribution < -0.4 is 5.32 Å². The molecule has 1 aromatic carbocycles. The van der Waals surface area contributed by atoms with Gasteiger partial charge < -0.3 is 5.32 Å². The van der Waals surface area contributed by atoms with E-state index < -0.39 is 0 Å². The topological polar surface area (TPSA) is 12.0 Å². The number of nitrogens with one attached hydrogen (secondary N) is 1. The second kappa shape index (κ2) is 7.81. The summed E-state index contributed by atoms with van der Waals surface area (Å²) in [6, 6.07) is 11.1. The Morgan fingerprint density at radius 1 is 1.15 bits per heavy atom. The van der Waals surface area contributed by atoms with Crippen LogP contribution in [0.1, 0.15) is 26.3 Å². The molecule has 74 valence electrons. The minimum atomic E-state index is 0.567. The van der Waals surface area contributed by atoms with Gasteiger partial charge in [-0.15, -0.1) is 0 Å². The molecular weight excluding hydrogens is 158 g/mol.